The van der Waals surface area contributed by atoms with E-state index >= 15 is 0 Å². The van der Waals surface area contributed by atoms with E-state index in [1.807, 2.05) is 6.07 Å². The lowest BCUT2D eigenvalue weighted by Crippen LogP contribution is -2.29. The summed E-state index contributed by atoms with van der Waals surface area (Å²) in [5.74, 6) is -0.555. The van der Waals surface area contributed by atoms with Crippen LogP contribution in [-0.4, -0.2) is 26.0 Å². The average Bonchev–Trinajstić information content (AvgIpc) is 2.56. The van der Waals surface area contributed by atoms with Crippen LogP contribution in [0.3, 0.4) is 0 Å². The lowest BCUT2D eigenvalue weighted by atomic mass is 10.2. The van der Waals surface area contributed by atoms with Crippen LogP contribution in [0.5, 0.6) is 11.5 Å². The third-order valence-corrected chi connectivity index (χ3v) is 2.89. The fraction of sp³-hybridized carbons (Fsp3) is 0.125. The molecule has 6 heteroatoms. The molecule has 2 amide bonds. The Labute approximate surface area is 128 Å². The minimum Gasteiger partial charge on any atom is -0.497 e. The maximum Gasteiger partial charge on any atom is 0.314 e. The van der Waals surface area contributed by atoms with Crippen LogP contribution in [0.25, 0.3) is 0 Å². The number of amides is 2. The van der Waals surface area contributed by atoms with Crippen LogP contribution in [0.4, 0.5) is 11.4 Å². The van der Waals surface area contributed by atoms with E-state index in [1.54, 1.807) is 42.5 Å². The van der Waals surface area contributed by atoms with Gasteiger partial charge in [0.25, 0.3) is 0 Å². The van der Waals surface area contributed by atoms with Crippen molar-refractivity contribution in [2.24, 2.45) is 0 Å². The standard InChI is InChI=1S/C16H16N2O4/c1-21-12-8-9-13(14(10-12)22-2)18-16(20)15(19)17-11-6-4-3-5-7-11/h3-10H,1-2H3,(H,17,19)(H,18,20). The van der Waals surface area contributed by atoms with Crippen LogP contribution in [0.1, 0.15) is 0 Å². The molecule has 2 aromatic rings. The average molecular weight is 300 g/mol. The van der Waals surface area contributed by atoms with Crippen molar-refractivity contribution in [2.45, 2.75) is 0 Å². The zero-order valence-corrected chi connectivity index (χ0v) is 12.3. The maximum atomic E-state index is 11.9. The van der Waals surface area contributed by atoms with E-state index in [9.17, 15) is 9.59 Å². The molecule has 0 aromatic heterocycles. The predicted octanol–water partition coefficient (Wildman–Crippen LogP) is 2.28. The monoisotopic (exact) mass is 300 g/mol. The number of ether oxygens (including phenoxy) is 2. The Balaban J connectivity index is 2.07. The number of hydrogen-bond acceptors (Lipinski definition) is 4. The van der Waals surface area contributed by atoms with E-state index in [4.69, 9.17) is 9.47 Å². The van der Waals surface area contributed by atoms with Crippen molar-refractivity contribution in [1.82, 2.24) is 0 Å². The Kier molecular flexibility index (Phi) is 4.98. The second-order valence-corrected chi connectivity index (χ2v) is 4.34. The molecule has 0 bridgehead atoms. The summed E-state index contributed by atoms with van der Waals surface area (Å²) in [5.41, 5.74) is 0.931. The van der Waals surface area contributed by atoms with Crippen LogP contribution in [0.2, 0.25) is 0 Å². The summed E-state index contributed by atoms with van der Waals surface area (Å²) in [6, 6.07) is 13.6. The maximum absolute atomic E-state index is 11.9. The van der Waals surface area contributed by atoms with Crippen LogP contribution in [0.15, 0.2) is 48.5 Å². The van der Waals surface area contributed by atoms with E-state index < -0.39 is 11.8 Å². The normalized spacial score (nSPS) is 9.73. The molecule has 0 unspecified atom stereocenters. The second-order valence-electron chi connectivity index (χ2n) is 4.34. The van der Waals surface area contributed by atoms with Gasteiger partial charge in [0.2, 0.25) is 0 Å². The summed E-state index contributed by atoms with van der Waals surface area (Å²) in [6.45, 7) is 0. The number of anilines is 2. The van der Waals surface area contributed by atoms with Gasteiger partial charge in [-0.15, -0.1) is 0 Å². The third-order valence-electron chi connectivity index (χ3n) is 2.89. The van der Waals surface area contributed by atoms with Crippen LogP contribution >= 0.6 is 0 Å². The smallest absolute Gasteiger partial charge is 0.314 e. The van der Waals surface area contributed by atoms with Crippen molar-refractivity contribution in [1.29, 1.82) is 0 Å². The van der Waals surface area contributed by atoms with Gasteiger partial charge in [-0.2, -0.15) is 0 Å². The summed E-state index contributed by atoms with van der Waals surface area (Å²) in [6.07, 6.45) is 0. The first-order chi connectivity index (χ1) is 10.6. The molecule has 6 nitrogen and oxygen atoms in total. The molecule has 0 saturated carbocycles. The molecule has 2 N–H and O–H groups in total. The van der Waals surface area contributed by atoms with Crippen LogP contribution in [0, 0.1) is 0 Å². The van der Waals surface area contributed by atoms with E-state index in [2.05, 4.69) is 10.6 Å². The van der Waals surface area contributed by atoms with Gasteiger partial charge in [-0.25, -0.2) is 0 Å². The minimum atomic E-state index is -0.785. The molecule has 0 fully saturated rings. The lowest BCUT2D eigenvalue weighted by molar-refractivity contribution is -0.133. The predicted molar refractivity (Wildman–Crippen MR) is 83.2 cm³/mol. The van der Waals surface area contributed by atoms with Gasteiger partial charge in [0.1, 0.15) is 11.5 Å². The van der Waals surface area contributed by atoms with Crippen molar-refractivity contribution in [3.63, 3.8) is 0 Å². The highest BCUT2D eigenvalue weighted by Crippen LogP contribution is 2.28. The first kappa shape index (κ1) is 15.4. The topological polar surface area (TPSA) is 76.7 Å². The van der Waals surface area contributed by atoms with E-state index in [0.717, 1.165) is 0 Å². The Morgan fingerprint density at radius 2 is 1.55 bits per heavy atom. The van der Waals surface area contributed by atoms with Crippen LogP contribution < -0.4 is 20.1 Å². The summed E-state index contributed by atoms with van der Waals surface area (Å²) >= 11 is 0. The zero-order chi connectivity index (χ0) is 15.9. The first-order valence-corrected chi connectivity index (χ1v) is 6.53. The number of hydrogen-bond donors (Lipinski definition) is 2. The number of para-hydroxylation sites is 1. The first-order valence-electron chi connectivity index (χ1n) is 6.53. The fourth-order valence-electron chi connectivity index (χ4n) is 1.79. The minimum absolute atomic E-state index is 0.386. The van der Waals surface area contributed by atoms with Crippen molar-refractivity contribution < 1.29 is 19.1 Å². The molecule has 0 aliphatic heterocycles. The lowest BCUT2D eigenvalue weighted by Gasteiger charge is -2.11. The van der Waals surface area contributed by atoms with Gasteiger partial charge in [0.15, 0.2) is 0 Å². The van der Waals surface area contributed by atoms with Crippen molar-refractivity contribution in [3.8, 4) is 11.5 Å². The molecular weight excluding hydrogens is 284 g/mol. The number of benzene rings is 2. The molecule has 114 valence electrons. The van der Waals surface area contributed by atoms with Gasteiger partial charge < -0.3 is 20.1 Å². The number of rotatable bonds is 4. The summed E-state index contributed by atoms with van der Waals surface area (Å²) in [7, 11) is 2.99. The largest absolute Gasteiger partial charge is 0.497 e. The van der Waals surface area contributed by atoms with E-state index in [0.29, 0.717) is 22.9 Å². The molecule has 22 heavy (non-hydrogen) atoms. The van der Waals surface area contributed by atoms with Gasteiger partial charge in [-0.3, -0.25) is 9.59 Å². The summed E-state index contributed by atoms with van der Waals surface area (Å²) < 4.78 is 10.2. The molecule has 0 aliphatic carbocycles. The molecule has 0 atom stereocenters. The SMILES string of the molecule is COc1ccc(NC(=O)C(=O)Nc2ccccc2)c(OC)c1. The van der Waals surface area contributed by atoms with Gasteiger partial charge in [0, 0.05) is 11.8 Å². The molecule has 0 aliphatic rings. The summed E-state index contributed by atoms with van der Waals surface area (Å²) in [4.78, 5) is 23.8. The number of nitrogens with one attached hydrogen (secondary N) is 2. The molecule has 0 radical (unpaired) electrons. The highest BCUT2D eigenvalue weighted by molar-refractivity contribution is 6.43. The molecular formula is C16H16N2O4. The van der Waals surface area contributed by atoms with E-state index in [1.165, 1.54) is 14.2 Å². The van der Waals surface area contributed by atoms with Gasteiger partial charge in [-0.05, 0) is 24.3 Å². The van der Waals surface area contributed by atoms with Crippen LogP contribution in [-0.2, 0) is 9.59 Å². The van der Waals surface area contributed by atoms with Crippen molar-refractivity contribution >= 4 is 23.2 Å². The Bertz CT molecular complexity index is 671. The van der Waals surface area contributed by atoms with Gasteiger partial charge in [-0.1, -0.05) is 18.2 Å². The molecule has 0 spiro atoms. The van der Waals surface area contributed by atoms with Crippen molar-refractivity contribution in [3.05, 3.63) is 48.5 Å². The van der Waals surface area contributed by atoms with Gasteiger partial charge in [0.05, 0.1) is 19.9 Å². The fourth-order valence-corrected chi connectivity index (χ4v) is 1.79. The molecule has 0 saturated heterocycles. The Hall–Kier alpha value is -3.02. The summed E-state index contributed by atoms with van der Waals surface area (Å²) in [5, 5.41) is 5.01. The van der Waals surface area contributed by atoms with Gasteiger partial charge >= 0.3 is 11.8 Å². The molecule has 0 heterocycles. The third kappa shape index (κ3) is 3.76. The second kappa shape index (κ2) is 7.12. The highest BCUT2D eigenvalue weighted by Gasteiger charge is 2.16. The zero-order valence-electron chi connectivity index (χ0n) is 12.3. The number of methoxy groups -OCH3 is 2. The van der Waals surface area contributed by atoms with E-state index in [-0.39, 0.29) is 0 Å². The Morgan fingerprint density at radius 3 is 2.18 bits per heavy atom. The molecule has 2 aromatic carbocycles. The quantitative estimate of drug-likeness (QED) is 0.849. The number of carbonyl (C=O) groups excluding carboxylic acids is 2. The molecule has 2 rings (SSSR count). The number of carbonyl (C=O) groups is 2. The highest BCUT2D eigenvalue weighted by atomic mass is 16.5. The Morgan fingerprint density at radius 1 is 0.864 bits per heavy atom. The van der Waals surface area contributed by atoms with Crippen molar-refractivity contribution in [2.75, 3.05) is 24.9 Å².